The van der Waals surface area contributed by atoms with E-state index in [0.717, 1.165) is 10.0 Å². The van der Waals surface area contributed by atoms with Gasteiger partial charge in [-0.05, 0) is 23.3 Å². The van der Waals surface area contributed by atoms with Crippen molar-refractivity contribution in [2.24, 2.45) is 0 Å². The van der Waals surface area contributed by atoms with Crippen molar-refractivity contribution in [1.82, 2.24) is 0 Å². The van der Waals surface area contributed by atoms with Gasteiger partial charge < -0.3 is 9.84 Å². The van der Waals surface area contributed by atoms with E-state index in [1.54, 1.807) is 24.3 Å². The Hall–Kier alpha value is -1.65. The molecule has 2 rings (SSSR count). The Bertz CT molecular complexity index is 566. The van der Waals surface area contributed by atoms with Gasteiger partial charge in [-0.25, -0.2) is 0 Å². The number of hydrogen-bond acceptors (Lipinski definition) is 3. The molecule has 0 heterocycles. The van der Waals surface area contributed by atoms with Gasteiger partial charge in [0.1, 0.15) is 5.92 Å². The smallest absolute Gasteiger partial charge is 0.316 e. The fourth-order valence-electron chi connectivity index (χ4n) is 2.09. The molecule has 0 unspecified atom stereocenters. The number of aliphatic hydroxyl groups excluding tert-OH is 1. The summed E-state index contributed by atoms with van der Waals surface area (Å²) >= 11 is 3.35. The summed E-state index contributed by atoms with van der Waals surface area (Å²) in [5, 5.41) is 10.5. The first-order valence-corrected chi connectivity index (χ1v) is 6.99. The van der Waals surface area contributed by atoms with Crippen LogP contribution in [0.3, 0.4) is 0 Å². The van der Waals surface area contributed by atoms with E-state index in [1.165, 1.54) is 7.11 Å². The maximum atomic E-state index is 12.0. The Morgan fingerprint density at radius 2 is 1.65 bits per heavy atom. The fourth-order valence-corrected chi connectivity index (χ4v) is 2.35. The number of esters is 1. The third kappa shape index (κ3) is 3.26. The Kier molecular flexibility index (Phi) is 4.93. The van der Waals surface area contributed by atoms with Crippen LogP contribution in [-0.2, 0) is 9.53 Å². The van der Waals surface area contributed by atoms with E-state index in [0.29, 0.717) is 5.56 Å². The second-order valence-electron chi connectivity index (χ2n) is 4.41. The molecule has 2 aromatic carbocycles. The van der Waals surface area contributed by atoms with Crippen LogP contribution in [0.5, 0.6) is 0 Å². The molecule has 0 radical (unpaired) electrons. The van der Waals surface area contributed by atoms with Gasteiger partial charge in [0.05, 0.1) is 13.2 Å². The lowest BCUT2D eigenvalue weighted by molar-refractivity contribution is -0.145. The van der Waals surface area contributed by atoms with Gasteiger partial charge in [-0.15, -0.1) is 0 Å². The SMILES string of the molecule is COC(=O)[C@H](c1ccc(Br)cc1)[C@@H](O)c1ccccc1. The van der Waals surface area contributed by atoms with Crippen LogP contribution in [0.1, 0.15) is 23.1 Å². The van der Waals surface area contributed by atoms with E-state index in [9.17, 15) is 9.90 Å². The van der Waals surface area contributed by atoms with Crippen molar-refractivity contribution in [2.75, 3.05) is 7.11 Å². The second kappa shape index (κ2) is 6.68. The second-order valence-corrected chi connectivity index (χ2v) is 5.32. The zero-order valence-corrected chi connectivity index (χ0v) is 12.6. The summed E-state index contributed by atoms with van der Waals surface area (Å²) in [6.07, 6.45) is -0.940. The van der Waals surface area contributed by atoms with Crippen molar-refractivity contribution in [3.05, 3.63) is 70.2 Å². The lowest BCUT2D eigenvalue weighted by atomic mass is 9.89. The van der Waals surface area contributed by atoms with E-state index < -0.39 is 18.0 Å². The highest BCUT2D eigenvalue weighted by Gasteiger charge is 2.30. The summed E-state index contributed by atoms with van der Waals surface area (Å²) in [6.45, 7) is 0. The van der Waals surface area contributed by atoms with Crippen molar-refractivity contribution in [2.45, 2.75) is 12.0 Å². The highest BCUT2D eigenvalue weighted by molar-refractivity contribution is 9.10. The molecule has 0 spiro atoms. The molecule has 20 heavy (non-hydrogen) atoms. The minimum absolute atomic E-state index is 0.455. The lowest BCUT2D eigenvalue weighted by Gasteiger charge is -2.21. The first-order chi connectivity index (χ1) is 9.63. The van der Waals surface area contributed by atoms with Crippen LogP contribution < -0.4 is 0 Å². The number of carbonyl (C=O) groups excluding carboxylic acids is 1. The van der Waals surface area contributed by atoms with Gasteiger partial charge in [-0.3, -0.25) is 4.79 Å². The average molecular weight is 335 g/mol. The summed E-state index contributed by atoms with van der Waals surface area (Å²) in [4.78, 5) is 12.0. The summed E-state index contributed by atoms with van der Waals surface area (Å²) < 4.78 is 5.74. The molecule has 0 bridgehead atoms. The molecule has 0 aliphatic rings. The molecule has 1 N–H and O–H groups in total. The molecule has 104 valence electrons. The molecule has 0 amide bonds. The molecule has 0 aromatic heterocycles. The number of hydrogen-bond donors (Lipinski definition) is 1. The van der Waals surface area contributed by atoms with Gasteiger partial charge in [0.15, 0.2) is 0 Å². The van der Waals surface area contributed by atoms with Crippen molar-refractivity contribution < 1.29 is 14.6 Å². The molecule has 0 fully saturated rings. The quantitative estimate of drug-likeness (QED) is 0.871. The molecule has 2 atom stereocenters. The van der Waals surface area contributed by atoms with Gasteiger partial charge in [0, 0.05) is 4.47 Å². The molecular weight excluding hydrogens is 320 g/mol. The highest BCUT2D eigenvalue weighted by atomic mass is 79.9. The van der Waals surface area contributed by atoms with Crippen molar-refractivity contribution in [1.29, 1.82) is 0 Å². The third-order valence-electron chi connectivity index (χ3n) is 3.14. The van der Waals surface area contributed by atoms with Crippen LogP contribution >= 0.6 is 15.9 Å². The summed E-state index contributed by atoms with van der Waals surface area (Å²) in [6, 6.07) is 16.4. The highest BCUT2D eigenvalue weighted by Crippen LogP contribution is 2.32. The van der Waals surface area contributed by atoms with Crippen molar-refractivity contribution in [3.8, 4) is 0 Å². The number of carbonyl (C=O) groups is 1. The molecule has 0 saturated carbocycles. The molecule has 0 aliphatic carbocycles. The Labute approximate surface area is 126 Å². The van der Waals surface area contributed by atoms with Gasteiger partial charge in [0.25, 0.3) is 0 Å². The molecule has 3 nitrogen and oxygen atoms in total. The number of ether oxygens (including phenoxy) is 1. The van der Waals surface area contributed by atoms with E-state index in [-0.39, 0.29) is 0 Å². The van der Waals surface area contributed by atoms with Gasteiger partial charge in [-0.2, -0.15) is 0 Å². The Balaban J connectivity index is 2.38. The van der Waals surface area contributed by atoms with Crippen LogP contribution in [0.2, 0.25) is 0 Å². The largest absolute Gasteiger partial charge is 0.468 e. The monoisotopic (exact) mass is 334 g/mol. The number of halogens is 1. The normalized spacial score (nSPS) is 13.6. The average Bonchev–Trinajstić information content (AvgIpc) is 2.50. The predicted octanol–water partition coefficient (Wildman–Crippen LogP) is 3.44. The van der Waals surface area contributed by atoms with E-state index in [4.69, 9.17) is 4.74 Å². The standard InChI is InChI=1S/C16H15BrO3/c1-20-16(19)14(11-7-9-13(17)10-8-11)15(18)12-5-3-2-4-6-12/h2-10,14-15,18H,1H3/t14-,15+/m1/s1. The van der Waals surface area contributed by atoms with Crippen molar-refractivity contribution in [3.63, 3.8) is 0 Å². The molecule has 0 aliphatic heterocycles. The van der Waals surface area contributed by atoms with Crippen molar-refractivity contribution >= 4 is 21.9 Å². The third-order valence-corrected chi connectivity index (χ3v) is 3.67. The summed E-state index contributed by atoms with van der Waals surface area (Å²) in [7, 11) is 1.33. The van der Waals surface area contributed by atoms with Crippen LogP contribution in [0.25, 0.3) is 0 Å². The molecule has 4 heteroatoms. The minimum Gasteiger partial charge on any atom is -0.468 e. The minimum atomic E-state index is -0.940. The zero-order chi connectivity index (χ0) is 14.5. The summed E-state index contributed by atoms with van der Waals surface area (Å²) in [5.41, 5.74) is 1.40. The number of benzene rings is 2. The van der Waals surface area contributed by atoms with E-state index in [2.05, 4.69) is 15.9 Å². The topological polar surface area (TPSA) is 46.5 Å². The summed E-state index contributed by atoms with van der Waals surface area (Å²) in [5.74, 6) is -1.20. The van der Waals surface area contributed by atoms with E-state index >= 15 is 0 Å². The maximum Gasteiger partial charge on any atom is 0.316 e. The predicted molar refractivity (Wildman–Crippen MR) is 80.3 cm³/mol. The molecule has 2 aromatic rings. The van der Waals surface area contributed by atoms with Gasteiger partial charge in [0.2, 0.25) is 0 Å². The number of methoxy groups -OCH3 is 1. The van der Waals surface area contributed by atoms with Gasteiger partial charge >= 0.3 is 5.97 Å². The number of rotatable bonds is 4. The van der Waals surface area contributed by atoms with Crippen LogP contribution in [0.4, 0.5) is 0 Å². The maximum absolute atomic E-state index is 12.0. The van der Waals surface area contributed by atoms with E-state index in [1.807, 2.05) is 30.3 Å². The molecule has 0 saturated heterocycles. The van der Waals surface area contributed by atoms with Crippen LogP contribution in [-0.4, -0.2) is 18.2 Å². The zero-order valence-electron chi connectivity index (χ0n) is 11.0. The number of aliphatic hydroxyl groups is 1. The Morgan fingerprint density at radius 3 is 2.20 bits per heavy atom. The van der Waals surface area contributed by atoms with Crippen LogP contribution in [0.15, 0.2) is 59.1 Å². The van der Waals surface area contributed by atoms with Crippen LogP contribution in [0, 0.1) is 0 Å². The lowest BCUT2D eigenvalue weighted by Crippen LogP contribution is -2.21. The fraction of sp³-hybridized carbons (Fsp3) is 0.188. The molecular formula is C16H15BrO3. The van der Waals surface area contributed by atoms with Gasteiger partial charge in [-0.1, -0.05) is 58.4 Å². The first kappa shape index (κ1) is 14.8. The first-order valence-electron chi connectivity index (χ1n) is 6.20. The Morgan fingerprint density at radius 1 is 1.05 bits per heavy atom.